The summed E-state index contributed by atoms with van der Waals surface area (Å²) in [5.74, 6) is 0. The van der Waals surface area contributed by atoms with E-state index in [-0.39, 0.29) is 0 Å². The Balaban J connectivity index is 0.000000167. The molecule has 0 atom stereocenters. The minimum Gasteiger partial charge on any atom is -0.201 e. The first kappa shape index (κ1) is 69.1. The van der Waals surface area contributed by atoms with Crippen LogP contribution >= 0.6 is 0 Å². The summed E-state index contributed by atoms with van der Waals surface area (Å²) in [5.41, 5.74) is 38.0. The zero-order chi connectivity index (χ0) is 72.7. The molecule has 0 radical (unpaired) electrons. The predicted molar refractivity (Wildman–Crippen MR) is 404 cm³/mol. The Morgan fingerprint density at radius 2 is 0.542 bits per heavy atom. The fourth-order valence-electron chi connectivity index (χ4n) is 12.9. The summed E-state index contributed by atoms with van der Waals surface area (Å²) >= 11 is 0. The van der Waals surface area contributed by atoms with Gasteiger partial charge in [0.1, 0.15) is 42.3 Å². The topological polar surface area (TPSA) is 23.3 Å². The Bertz CT molecular complexity index is 4550. The highest BCUT2D eigenvalue weighted by Gasteiger charge is 2.21. The van der Waals surface area contributed by atoms with Crippen LogP contribution in [-0.4, -0.2) is 0 Å². The first-order valence-corrected chi connectivity index (χ1v) is 33.5. The second-order valence-corrected chi connectivity index (χ2v) is 26.3. The lowest BCUT2D eigenvalue weighted by molar-refractivity contribution is -0.660. The van der Waals surface area contributed by atoms with Crippen molar-refractivity contribution >= 4 is 0 Å². The van der Waals surface area contributed by atoms with Crippen LogP contribution in [0.3, 0.4) is 0 Å². The van der Waals surface area contributed by atoms with E-state index in [1.807, 2.05) is 32.3 Å². The third-order valence-electron chi connectivity index (χ3n) is 18.7. The number of rotatable bonds is 6. The smallest absolute Gasteiger partial charge is 0.201 e. The number of benzene rings is 6. The summed E-state index contributed by atoms with van der Waals surface area (Å²) < 4.78 is 35.4. The van der Waals surface area contributed by atoms with Crippen LogP contribution in [0.5, 0.6) is 0 Å². The van der Waals surface area contributed by atoms with Crippen LogP contribution in [0, 0.1) is 125 Å². The number of aryl methyl sites for hydroxylation is 21. The first-order valence-electron chi connectivity index (χ1n) is 35.0. The van der Waals surface area contributed by atoms with Crippen LogP contribution in [0.4, 0.5) is 0 Å². The number of nitrogens with zero attached hydrogens (tertiary/aromatic N) is 6. The van der Waals surface area contributed by atoms with E-state index in [4.69, 9.17) is 4.11 Å². The fourth-order valence-corrected chi connectivity index (χ4v) is 12.9. The Labute approximate surface area is 582 Å². The van der Waals surface area contributed by atoms with Gasteiger partial charge >= 0.3 is 0 Å². The number of aromatic nitrogens is 6. The molecule has 0 saturated heterocycles. The largest absolute Gasteiger partial charge is 0.215 e. The monoisotopic (exact) mass is 1280 g/mol. The van der Waals surface area contributed by atoms with Gasteiger partial charge in [0.2, 0.25) is 34.2 Å². The maximum Gasteiger partial charge on any atom is 0.215 e. The maximum absolute atomic E-state index is 7.46. The molecule has 96 heavy (non-hydrogen) atoms. The van der Waals surface area contributed by atoms with Gasteiger partial charge in [-0.25, -0.2) is 27.4 Å². The number of pyridine rings is 6. The molecule has 0 amide bonds. The van der Waals surface area contributed by atoms with Crippen molar-refractivity contribution < 1.29 is 31.5 Å². The molecule has 0 fully saturated rings. The molecule has 12 aromatic rings. The van der Waals surface area contributed by atoms with Gasteiger partial charge in [-0.05, 0) is 247 Å². The third-order valence-corrected chi connectivity index (χ3v) is 18.7. The van der Waals surface area contributed by atoms with Crippen LogP contribution in [0.15, 0.2) is 219 Å². The van der Waals surface area contributed by atoms with E-state index in [1.54, 1.807) is 12.1 Å². The van der Waals surface area contributed by atoms with Crippen LogP contribution in [-0.2, 0) is 42.3 Å². The second kappa shape index (κ2) is 33.6. The summed E-state index contributed by atoms with van der Waals surface area (Å²) in [6.45, 7) is 34.5. The Morgan fingerprint density at radius 1 is 0.219 bits per heavy atom. The van der Waals surface area contributed by atoms with Crippen LogP contribution in [0.2, 0.25) is 0 Å². The summed E-state index contributed by atoms with van der Waals surface area (Å²) in [6, 6.07) is 63.4. The van der Waals surface area contributed by atoms with Gasteiger partial charge in [-0.2, -0.15) is 0 Å². The van der Waals surface area contributed by atoms with E-state index in [2.05, 4.69) is 362 Å². The van der Waals surface area contributed by atoms with Crippen LogP contribution < -0.4 is 27.4 Å². The van der Waals surface area contributed by atoms with Gasteiger partial charge in [0.15, 0.2) is 37.2 Å². The average molecular weight is 1280 g/mol. The molecule has 0 aliphatic heterocycles. The molecule has 6 nitrogen and oxygen atoms in total. The van der Waals surface area contributed by atoms with Gasteiger partial charge in [-0.15, -0.1) is 0 Å². The molecule has 0 spiro atoms. The number of hydrogen-bond acceptors (Lipinski definition) is 0. The average Bonchev–Trinajstić information content (AvgIpc) is 0.952. The Kier molecular flexibility index (Phi) is 24.1. The summed E-state index contributed by atoms with van der Waals surface area (Å²) in [7, 11) is 12.5. The molecular formula is C90H108N6+6. The highest BCUT2D eigenvalue weighted by Crippen LogP contribution is 2.30. The molecule has 12 rings (SSSR count). The highest BCUT2D eigenvalue weighted by molar-refractivity contribution is 5.70. The third kappa shape index (κ3) is 18.2. The molecule has 6 aromatic carbocycles. The van der Waals surface area contributed by atoms with Gasteiger partial charge in [0.05, 0.1) is 5.56 Å². The van der Waals surface area contributed by atoms with Gasteiger partial charge in [-0.3, -0.25) is 0 Å². The molecule has 6 aromatic heterocycles. The second-order valence-electron chi connectivity index (χ2n) is 26.3. The Hall–Kier alpha value is -9.78. The molecule has 6 heterocycles. The van der Waals surface area contributed by atoms with Crippen molar-refractivity contribution in [2.24, 2.45) is 42.3 Å². The van der Waals surface area contributed by atoms with E-state index < -0.39 is 6.85 Å². The molecule has 0 aliphatic rings. The van der Waals surface area contributed by atoms with Crippen molar-refractivity contribution in [1.82, 2.24) is 0 Å². The summed E-state index contributed by atoms with van der Waals surface area (Å²) in [5, 5.41) is 0. The van der Waals surface area contributed by atoms with Crippen molar-refractivity contribution in [1.29, 1.82) is 0 Å². The van der Waals surface area contributed by atoms with Gasteiger partial charge in [-0.1, -0.05) is 89.5 Å². The van der Waals surface area contributed by atoms with Crippen LogP contribution in [0.25, 0.3) is 67.5 Å². The van der Waals surface area contributed by atoms with Crippen molar-refractivity contribution in [3.8, 4) is 67.5 Å². The van der Waals surface area contributed by atoms with Crippen LogP contribution in [0.1, 0.15) is 104 Å². The van der Waals surface area contributed by atoms with Crippen molar-refractivity contribution in [2.75, 3.05) is 0 Å². The Morgan fingerprint density at radius 3 is 0.938 bits per heavy atom. The standard InChI is InChI=1S/6C15H18N/c2*1-11-7-5-9-14(13(11)3)15-12(2)8-6-10-16(15)4;1-11-7-8-12(2)14(10-11)15-13(3)6-5-9-16(15)4;2*1-11-7-8-14(13(3)10-11)15-12(2)6-5-9-16(15)4;1-11-8-9-12(2)15(13(11)3)14-7-5-6-10-16(14)4/h6*5-10H,1-4H3/q6*+1/i;;;1D3;;. The van der Waals surface area contributed by atoms with E-state index in [0.717, 1.165) is 16.8 Å². The van der Waals surface area contributed by atoms with E-state index in [0.29, 0.717) is 5.56 Å². The lowest BCUT2D eigenvalue weighted by Crippen LogP contribution is -2.31. The van der Waals surface area contributed by atoms with Crippen molar-refractivity contribution in [3.05, 3.63) is 319 Å². The lowest BCUT2D eigenvalue weighted by atomic mass is 9.95. The molecule has 0 bridgehead atoms. The number of hydrogen-bond donors (Lipinski definition) is 0. The predicted octanol–water partition coefficient (Wildman–Crippen LogP) is 18.6. The lowest BCUT2D eigenvalue weighted by Gasteiger charge is -2.10. The van der Waals surface area contributed by atoms with Crippen molar-refractivity contribution in [2.45, 2.75) is 125 Å². The minimum absolute atomic E-state index is 0.394. The minimum atomic E-state index is -2.04. The highest BCUT2D eigenvalue weighted by atomic mass is 14.9. The molecule has 0 aliphatic carbocycles. The first-order chi connectivity index (χ1) is 46.8. The fraction of sp³-hybridized carbons (Fsp3) is 0.267. The summed E-state index contributed by atoms with van der Waals surface area (Å²) in [4.78, 5) is 0. The SMILES string of the molecule is Cc1ccc(-c2c(C)ccc[n+]2C)c(C)c1.Cc1ccc(C)c(-c2c(C)ccc[n+]2C)c1.Cc1ccc(C)c(-c2cccc[n+]2C)c1C.Cc1cccc(-c2c(C)ccc[n+]2C)c1C.Cc1cccc(-c2c(C)ccc[n+]2C)c1C.[2H]C([2H])([2H])c1ccc(-c2c(C)ccc[n+]2C)c(C)c1. The van der Waals surface area contributed by atoms with E-state index in [9.17, 15) is 0 Å². The van der Waals surface area contributed by atoms with Gasteiger partial charge in [0.25, 0.3) is 0 Å². The van der Waals surface area contributed by atoms with Crippen molar-refractivity contribution in [3.63, 3.8) is 0 Å². The van der Waals surface area contributed by atoms with E-state index >= 15 is 0 Å². The zero-order valence-corrected chi connectivity index (χ0v) is 62.0. The van der Waals surface area contributed by atoms with E-state index in [1.165, 1.54) is 145 Å². The zero-order valence-electron chi connectivity index (χ0n) is 65.0. The van der Waals surface area contributed by atoms with Gasteiger partial charge in [0, 0.05) is 102 Å². The molecule has 0 saturated carbocycles. The molecule has 0 unspecified atom stereocenters. The normalized spacial score (nSPS) is 11.1. The molecule has 0 N–H and O–H groups in total. The molecule has 492 valence electrons. The van der Waals surface area contributed by atoms with Gasteiger partial charge < -0.3 is 0 Å². The molecular weight excluding hydrogens is 1170 g/mol. The molecule has 6 heteroatoms. The summed E-state index contributed by atoms with van der Waals surface area (Å²) in [6.07, 6.45) is 12.5. The quantitative estimate of drug-likeness (QED) is 0.148. The maximum atomic E-state index is 7.46.